The Labute approximate surface area is 122 Å². The summed E-state index contributed by atoms with van der Waals surface area (Å²) in [4.78, 5) is 0.0966. The third-order valence-electron chi connectivity index (χ3n) is 2.36. The molecule has 0 saturated heterocycles. The largest absolute Gasteiger partial charge is 0.453 e. The highest BCUT2D eigenvalue weighted by Crippen LogP contribution is 2.32. The fourth-order valence-corrected chi connectivity index (χ4v) is 2.41. The first kappa shape index (κ1) is 13.9. The van der Waals surface area contributed by atoms with Crippen molar-refractivity contribution >= 4 is 33.1 Å². The Morgan fingerprint density at radius 2 is 1.74 bits per heavy atom. The van der Waals surface area contributed by atoms with E-state index in [0.717, 1.165) is 6.07 Å². The van der Waals surface area contributed by atoms with Crippen LogP contribution in [-0.2, 0) is 0 Å². The van der Waals surface area contributed by atoms with E-state index in [1.54, 1.807) is 18.2 Å². The van der Waals surface area contributed by atoms with Gasteiger partial charge in [-0.2, -0.15) is 4.39 Å². The molecule has 0 atom stereocenters. The van der Waals surface area contributed by atoms with Gasteiger partial charge < -0.3 is 10.5 Å². The van der Waals surface area contributed by atoms with Gasteiger partial charge in [0.2, 0.25) is 5.82 Å². The SMILES string of the molecule is NC(=S)c1c(Br)cccc1Oc1cccc(F)c1F. The van der Waals surface area contributed by atoms with Crippen LogP contribution < -0.4 is 10.5 Å². The van der Waals surface area contributed by atoms with Crippen molar-refractivity contribution in [3.63, 3.8) is 0 Å². The maximum atomic E-state index is 13.5. The van der Waals surface area contributed by atoms with E-state index in [1.807, 2.05) is 0 Å². The van der Waals surface area contributed by atoms with Crippen LogP contribution in [0.3, 0.4) is 0 Å². The van der Waals surface area contributed by atoms with Crippen molar-refractivity contribution in [3.8, 4) is 11.5 Å². The van der Waals surface area contributed by atoms with Gasteiger partial charge in [-0.05, 0) is 40.2 Å². The predicted octanol–water partition coefficient (Wildman–Crippen LogP) is 4.15. The molecule has 2 nitrogen and oxygen atoms in total. The fraction of sp³-hybridized carbons (Fsp3) is 0. The van der Waals surface area contributed by atoms with Crippen molar-refractivity contribution in [3.05, 3.63) is 58.1 Å². The number of thiocarbonyl (C=S) groups is 1. The van der Waals surface area contributed by atoms with Crippen LogP contribution in [0.15, 0.2) is 40.9 Å². The van der Waals surface area contributed by atoms with Gasteiger partial charge in [0.05, 0.1) is 5.56 Å². The number of hydrogen-bond donors (Lipinski definition) is 1. The number of rotatable bonds is 3. The lowest BCUT2D eigenvalue weighted by molar-refractivity contribution is 0.415. The van der Waals surface area contributed by atoms with Gasteiger partial charge in [-0.15, -0.1) is 0 Å². The van der Waals surface area contributed by atoms with Crippen LogP contribution >= 0.6 is 28.1 Å². The van der Waals surface area contributed by atoms with E-state index < -0.39 is 11.6 Å². The van der Waals surface area contributed by atoms with Gasteiger partial charge in [0.1, 0.15) is 10.7 Å². The van der Waals surface area contributed by atoms with Gasteiger partial charge in [-0.1, -0.05) is 24.4 Å². The molecule has 0 aliphatic carbocycles. The molecule has 2 N–H and O–H groups in total. The molecule has 2 aromatic rings. The van der Waals surface area contributed by atoms with Crippen LogP contribution in [0, 0.1) is 11.6 Å². The molecule has 0 saturated carbocycles. The highest BCUT2D eigenvalue weighted by atomic mass is 79.9. The van der Waals surface area contributed by atoms with Crippen LogP contribution in [0.25, 0.3) is 0 Å². The summed E-state index contributed by atoms with van der Waals surface area (Å²) >= 11 is 8.19. The molecule has 2 aromatic carbocycles. The molecule has 0 aliphatic heterocycles. The highest BCUT2D eigenvalue weighted by Gasteiger charge is 2.15. The first-order valence-electron chi connectivity index (χ1n) is 5.21. The molecule has 0 spiro atoms. The van der Waals surface area contributed by atoms with E-state index in [-0.39, 0.29) is 16.5 Å². The fourth-order valence-electron chi connectivity index (χ4n) is 1.51. The van der Waals surface area contributed by atoms with E-state index in [0.29, 0.717) is 10.0 Å². The summed E-state index contributed by atoms with van der Waals surface area (Å²) in [7, 11) is 0. The quantitative estimate of drug-likeness (QED) is 0.850. The van der Waals surface area contributed by atoms with Crippen molar-refractivity contribution in [1.29, 1.82) is 0 Å². The van der Waals surface area contributed by atoms with Crippen molar-refractivity contribution in [2.75, 3.05) is 0 Å². The zero-order chi connectivity index (χ0) is 14.0. The molecule has 0 aliphatic rings. The maximum Gasteiger partial charge on any atom is 0.201 e. The number of benzene rings is 2. The van der Waals surface area contributed by atoms with Crippen LogP contribution in [0.2, 0.25) is 0 Å². The third-order valence-corrected chi connectivity index (χ3v) is 3.22. The second-order valence-electron chi connectivity index (χ2n) is 3.63. The van der Waals surface area contributed by atoms with E-state index in [9.17, 15) is 8.78 Å². The average Bonchev–Trinajstić information content (AvgIpc) is 2.34. The lowest BCUT2D eigenvalue weighted by Gasteiger charge is -2.12. The van der Waals surface area contributed by atoms with Gasteiger partial charge in [0, 0.05) is 4.47 Å². The van der Waals surface area contributed by atoms with Crippen molar-refractivity contribution in [1.82, 2.24) is 0 Å². The Hall–Kier alpha value is -1.53. The Morgan fingerprint density at radius 1 is 1.11 bits per heavy atom. The Morgan fingerprint density at radius 3 is 2.42 bits per heavy atom. The highest BCUT2D eigenvalue weighted by molar-refractivity contribution is 9.10. The minimum atomic E-state index is -1.06. The lowest BCUT2D eigenvalue weighted by atomic mass is 10.2. The summed E-state index contributed by atoms with van der Waals surface area (Å²) < 4.78 is 32.6. The van der Waals surface area contributed by atoms with E-state index in [2.05, 4.69) is 15.9 Å². The van der Waals surface area contributed by atoms with Gasteiger partial charge in [0.25, 0.3) is 0 Å². The van der Waals surface area contributed by atoms with Crippen molar-refractivity contribution < 1.29 is 13.5 Å². The molecule has 0 heterocycles. The normalized spacial score (nSPS) is 10.3. The molecule has 0 fully saturated rings. The van der Waals surface area contributed by atoms with E-state index >= 15 is 0 Å². The smallest absolute Gasteiger partial charge is 0.201 e. The van der Waals surface area contributed by atoms with Gasteiger partial charge >= 0.3 is 0 Å². The average molecular weight is 344 g/mol. The van der Waals surface area contributed by atoms with Crippen molar-refractivity contribution in [2.45, 2.75) is 0 Å². The Balaban J connectivity index is 2.47. The summed E-state index contributed by atoms with van der Waals surface area (Å²) in [6.45, 7) is 0. The molecule has 0 bridgehead atoms. The molecule has 0 aromatic heterocycles. The van der Waals surface area contributed by atoms with Crippen LogP contribution in [-0.4, -0.2) is 4.99 Å². The molecule has 0 unspecified atom stereocenters. The second kappa shape index (κ2) is 5.63. The third kappa shape index (κ3) is 2.90. The summed E-state index contributed by atoms with van der Waals surface area (Å²) in [5.74, 6) is -2.01. The Bertz CT molecular complexity index is 649. The summed E-state index contributed by atoms with van der Waals surface area (Å²) in [6, 6.07) is 8.66. The topological polar surface area (TPSA) is 35.2 Å². The first-order valence-corrected chi connectivity index (χ1v) is 6.41. The number of hydrogen-bond acceptors (Lipinski definition) is 2. The molecule has 19 heavy (non-hydrogen) atoms. The molecule has 98 valence electrons. The zero-order valence-corrected chi connectivity index (χ0v) is 11.9. The number of ether oxygens (including phenoxy) is 1. The summed E-state index contributed by atoms with van der Waals surface area (Å²) in [6.07, 6.45) is 0. The number of nitrogens with two attached hydrogens (primary N) is 1. The van der Waals surface area contributed by atoms with Gasteiger partial charge in [0.15, 0.2) is 11.6 Å². The molecule has 6 heteroatoms. The minimum Gasteiger partial charge on any atom is -0.453 e. The molecular weight excluding hydrogens is 336 g/mol. The van der Waals surface area contributed by atoms with Crippen molar-refractivity contribution in [2.24, 2.45) is 5.73 Å². The maximum absolute atomic E-state index is 13.5. The summed E-state index contributed by atoms with van der Waals surface area (Å²) in [5.41, 5.74) is 6.02. The standard InChI is InChI=1S/C13H8BrF2NOS/c14-7-3-1-5-9(11(7)13(17)19)18-10-6-2-4-8(15)12(10)16/h1-6H,(H2,17,19). The van der Waals surface area contributed by atoms with Crippen LogP contribution in [0.1, 0.15) is 5.56 Å². The molecular formula is C13H8BrF2NOS. The van der Waals surface area contributed by atoms with Gasteiger partial charge in [-0.3, -0.25) is 0 Å². The molecule has 2 rings (SSSR count). The van der Waals surface area contributed by atoms with Crippen LogP contribution in [0.4, 0.5) is 8.78 Å². The second-order valence-corrected chi connectivity index (χ2v) is 4.93. The number of halogens is 3. The monoisotopic (exact) mass is 343 g/mol. The zero-order valence-electron chi connectivity index (χ0n) is 9.49. The Kier molecular flexibility index (Phi) is 4.11. The van der Waals surface area contributed by atoms with Gasteiger partial charge in [-0.25, -0.2) is 4.39 Å². The van der Waals surface area contributed by atoms with E-state index in [4.69, 9.17) is 22.7 Å². The molecule has 0 amide bonds. The first-order chi connectivity index (χ1) is 9.00. The lowest BCUT2D eigenvalue weighted by Crippen LogP contribution is -2.11. The van der Waals surface area contributed by atoms with Crippen LogP contribution in [0.5, 0.6) is 11.5 Å². The molecule has 0 radical (unpaired) electrons. The minimum absolute atomic E-state index is 0.0966. The summed E-state index contributed by atoms with van der Waals surface area (Å²) in [5, 5.41) is 0. The predicted molar refractivity (Wildman–Crippen MR) is 76.5 cm³/mol. The van der Waals surface area contributed by atoms with E-state index in [1.165, 1.54) is 12.1 Å².